The molecule has 0 saturated heterocycles. The second-order valence-corrected chi connectivity index (χ2v) is 14.9. The maximum atomic E-state index is 14.6. The predicted molar refractivity (Wildman–Crippen MR) is 186 cm³/mol. The first-order chi connectivity index (χ1) is 22.1. The lowest BCUT2D eigenvalue weighted by Gasteiger charge is -2.34. The summed E-state index contributed by atoms with van der Waals surface area (Å²) in [5.74, 6) is -0.834. The van der Waals surface area contributed by atoms with Crippen molar-refractivity contribution in [2.75, 3.05) is 10.8 Å². The van der Waals surface area contributed by atoms with Crippen molar-refractivity contribution in [1.29, 1.82) is 0 Å². The molecule has 7 nitrogen and oxygen atoms in total. The third kappa shape index (κ3) is 8.50. The van der Waals surface area contributed by atoms with Crippen molar-refractivity contribution in [2.24, 2.45) is 0 Å². The molecule has 240 valence electrons. The summed E-state index contributed by atoms with van der Waals surface area (Å²) in [6, 6.07) is 28.4. The number of anilines is 1. The van der Waals surface area contributed by atoms with Crippen molar-refractivity contribution >= 4 is 66.7 Å². The Balaban J connectivity index is 1.57. The molecule has 0 bridgehead atoms. The SMILES string of the molecule is O=C(NC1CCCC1)[C@H](Cc1ccccc1)N(Cc1ccc(Br)cc1)C(=O)CN(c1ccc(Cl)cc1Cl)S(=O)(=O)c1ccccc1. The number of hydrogen-bond acceptors (Lipinski definition) is 4. The molecule has 0 radical (unpaired) electrons. The number of rotatable bonds is 12. The van der Waals surface area contributed by atoms with E-state index in [2.05, 4.69) is 21.2 Å². The van der Waals surface area contributed by atoms with Gasteiger partial charge in [0.05, 0.1) is 15.6 Å². The van der Waals surface area contributed by atoms with Gasteiger partial charge in [-0.05, 0) is 66.4 Å². The summed E-state index contributed by atoms with van der Waals surface area (Å²) in [5, 5.41) is 3.57. The van der Waals surface area contributed by atoms with Crippen molar-refractivity contribution < 1.29 is 18.0 Å². The molecule has 1 N–H and O–H groups in total. The molecule has 11 heteroatoms. The van der Waals surface area contributed by atoms with Gasteiger partial charge in [-0.15, -0.1) is 0 Å². The van der Waals surface area contributed by atoms with Gasteiger partial charge in [0.25, 0.3) is 10.0 Å². The predicted octanol–water partition coefficient (Wildman–Crippen LogP) is 7.65. The molecule has 0 heterocycles. The van der Waals surface area contributed by atoms with Crippen LogP contribution in [0.5, 0.6) is 0 Å². The Morgan fingerprint density at radius 3 is 2.11 bits per heavy atom. The first-order valence-corrected chi connectivity index (χ1v) is 18.0. The highest BCUT2D eigenvalue weighted by molar-refractivity contribution is 9.10. The van der Waals surface area contributed by atoms with Crippen LogP contribution in [-0.4, -0.2) is 43.8 Å². The first kappa shape index (κ1) is 34.0. The van der Waals surface area contributed by atoms with Gasteiger partial charge in [0.1, 0.15) is 12.6 Å². The summed E-state index contributed by atoms with van der Waals surface area (Å²) in [6.45, 7) is -0.521. The van der Waals surface area contributed by atoms with Crippen LogP contribution in [0.4, 0.5) is 5.69 Å². The monoisotopic (exact) mass is 741 g/mol. The Kier molecular flexibility index (Phi) is 11.4. The molecule has 4 aromatic rings. The Bertz CT molecular complexity index is 1750. The smallest absolute Gasteiger partial charge is 0.264 e. The van der Waals surface area contributed by atoms with Crippen molar-refractivity contribution in [3.8, 4) is 0 Å². The number of nitrogens with zero attached hydrogens (tertiary/aromatic N) is 2. The standard InChI is InChI=1S/C35H34BrCl2N3O4S/c36-27-17-15-26(16-18-27)23-40(33(21-25-9-3-1-4-10-25)35(43)39-29-11-7-8-12-29)34(42)24-41(32-20-19-28(37)22-31(32)38)46(44,45)30-13-5-2-6-14-30/h1-6,9-10,13-20,22,29,33H,7-8,11-12,21,23-24H2,(H,39,43)/t33-/m0/s1. The number of sulfonamides is 1. The summed E-state index contributed by atoms with van der Waals surface area (Å²) < 4.78 is 30.1. The largest absolute Gasteiger partial charge is 0.352 e. The molecular formula is C35H34BrCl2N3O4S. The summed E-state index contributed by atoms with van der Waals surface area (Å²) in [5.41, 5.74) is 1.75. The van der Waals surface area contributed by atoms with E-state index in [4.69, 9.17) is 23.2 Å². The zero-order valence-electron chi connectivity index (χ0n) is 25.0. The summed E-state index contributed by atoms with van der Waals surface area (Å²) in [4.78, 5) is 30.1. The number of carbonyl (C=O) groups is 2. The van der Waals surface area contributed by atoms with Gasteiger partial charge >= 0.3 is 0 Å². The molecule has 0 aliphatic heterocycles. The zero-order chi connectivity index (χ0) is 32.7. The second-order valence-electron chi connectivity index (χ2n) is 11.3. The highest BCUT2D eigenvalue weighted by Crippen LogP contribution is 2.33. The lowest BCUT2D eigenvalue weighted by atomic mass is 10.0. The topological polar surface area (TPSA) is 86.8 Å². The minimum absolute atomic E-state index is 0.00640. The average Bonchev–Trinajstić information content (AvgIpc) is 3.56. The van der Waals surface area contributed by atoms with Crippen LogP contribution < -0.4 is 9.62 Å². The molecule has 2 amide bonds. The fourth-order valence-corrected chi connectivity index (χ4v) is 7.90. The van der Waals surface area contributed by atoms with Crippen molar-refractivity contribution in [3.63, 3.8) is 0 Å². The van der Waals surface area contributed by atoms with Gasteiger partial charge in [0, 0.05) is 28.5 Å². The maximum Gasteiger partial charge on any atom is 0.264 e. The molecular weight excluding hydrogens is 709 g/mol. The number of hydrogen-bond donors (Lipinski definition) is 1. The van der Waals surface area contributed by atoms with Gasteiger partial charge in [-0.3, -0.25) is 13.9 Å². The van der Waals surface area contributed by atoms with Gasteiger partial charge < -0.3 is 10.2 Å². The van der Waals surface area contributed by atoms with Gasteiger partial charge in [-0.1, -0.05) is 113 Å². The van der Waals surface area contributed by atoms with Gasteiger partial charge in [-0.25, -0.2) is 8.42 Å². The van der Waals surface area contributed by atoms with Crippen molar-refractivity contribution in [1.82, 2.24) is 10.2 Å². The lowest BCUT2D eigenvalue weighted by Crippen LogP contribution is -2.54. The number of benzene rings is 4. The van der Waals surface area contributed by atoms with E-state index in [1.807, 2.05) is 54.6 Å². The van der Waals surface area contributed by atoms with E-state index in [-0.39, 0.29) is 40.5 Å². The van der Waals surface area contributed by atoms with Gasteiger partial charge in [-0.2, -0.15) is 0 Å². The average molecular weight is 744 g/mol. The van der Waals surface area contributed by atoms with E-state index in [1.54, 1.807) is 18.2 Å². The van der Waals surface area contributed by atoms with Crippen LogP contribution in [-0.2, 0) is 32.6 Å². The maximum absolute atomic E-state index is 14.6. The Labute approximate surface area is 288 Å². The van der Waals surface area contributed by atoms with E-state index in [0.717, 1.165) is 45.6 Å². The number of halogens is 3. The third-order valence-electron chi connectivity index (χ3n) is 8.03. The highest BCUT2D eigenvalue weighted by Gasteiger charge is 2.36. The molecule has 46 heavy (non-hydrogen) atoms. The second kappa shape index (κ2) is 15.5. The van der Waals surface area contributed by atoms with E-state index < -0.39 is 28.5 Å². The fourth-order valence-electron chi connectivity index (χ4n) is 5.62. The van der Waals surface area contributed by atoms with Crippen LogP contribution in [0.3, 0.4) is 0 Å². The third-order valence-corrected chi connectivity index (χ3v) is 10.9. The fraction of sp³-hybridized carbons (Fsp3) is 0.257. The Morgan fingerprint density at radius 1 is 0.848 bits per heavy atom. The van der Waals surface area contributed by atoms with Gasteiger partial charge in [0.15, 0.2) is 0 Å². The minimum atomic E-state index is -4.27. The van der Waals surface area contributed by atoms with Crippen LogP contribution in [0, 0.1) is 0 Å². The van der Waals surface area contributed by atoms with Gasteiger partial charge in [0.2, 0.25) is 11.8 Å². The van der Waals surface area contributed by atoms with Crippen LogP contribution in [0.25, 0.3) is 0 Å². The Morgan fingerprint density at radius 2 is 1.48 bits per heavy atom. The van der Waals surface area contributed by atoms with Crippen LogP contribution in [0.1, 0.15) is 36.8 Å². The number of carbonyl (C=O) groups excluding carboxylic acids is 2. The van der Waals surface area contributed by atoms with E-state index >= 15 is 0 Å². The molecule has 1 atom stereocenters. The quantitative estimate of drug-likeness (QED) is 0.162. The molecule has 1 aliphatic carbocycles. The zero-order valence-corrected chi connectivity index (χ0v) is 28.9. The van der Waals surface area contributed by atoms with Crippen LogP contribution in [0.15, 0.2) is 112 Å². The van der Waals surface area contributed by atoms with E-state index in [0.29, 0.717) is 5.02 Å². The highest BCUT2D eigenvalue weighted by atomic mass is 79.9. The first-order valence-electron chi connectivity index (χ1n) is 15.0. The number of nitrogens with one attached hydrogen (secondary N) is 1. The summed E-state index contributed by atoms with van der Waals surface area (Å²) in [6.07, 6.45) is 4.06. The molecule has 1 saturated carbocycles. The normalized spacial score (nSPS) is 14.1. The lowest BCUT2D eigenvalue weighted by molar-refractivity contribution is -0.140. The molecule has 5 rings (SSSR count). The van der Waals surface area contributed by atoms with E-state index in [1.165, 1.54) is 35.2 Å². The van der Waals surface area contributed by atoms with Crippen LogP contribution >= 0.6 is 39.1 Å². The Hall–Kier alpha value is -3.37. The van der Waals surface area contributed by atoms with Crippen molar-refractivity contribution in [2.45, 2.75) is 55.6 Å². The number of amides is 2. The molecule has 1 fully saturated rings. The molecule has 4 aromatic carbocycles. The van der Waals surface area contributed by atoms with Crippen molar-refractivity contribution in [3.05, 3.63) is 129 Å². The summed E-state index contributed by atoms with van der Waals surface area (Å²) in [7, 11) is -4.27. The summed E-state index contributed by atoms with van der Waals surface area (Å²) >= 11 is 16.2. The molecule has 0 aromatic heterocycles. The minimum Gasteiger partial charge on any atom is -0.352 e. The van der Waals surface area contributed by atoms with E-state index in [9.17, 15) is 18.0 Å². The molecule has 0 unspecified atom stereocenters. The molecule has 1 aliphatic rings. The molecule has 0 spiro atoms. The van der Waals surface area contributed by atoms with Crippen LogP contribution in [0.2, 0.25) is 10.0 Å².